The Labute approximate surface area is 121 Å². The van der Waals surface area contributed by atoms with Crippen molar-refractivity contribution in [3.05, 3.63) is 30.1 Å². The normalized spacial score (nSPS) is 31.4. The molecule has 0 aliphatic heterocycles. The first kappa shape index (κ1) is 13.6. The Morgan fingerprint density at radius 2 is 2.35 bits per heavy atom. The van der Waals surface area contributed by atoms with Crippen LogP contribution in [0.4, 0.5) is 0 Å². The highest BCUT2D eigenvalue weighted by Gasteiger charge is 2.51. The highest BCUT2D eigenvalue weighted by atomic mass is 16.2. The molecule has 2 aliphatic rings. The van der Waals surface area contributed by atoms with E-state index in [0.29, 0.717) is 5.92 Å². The lowest BCUT2D eigenvalue weighted by Crippen LogP contribution is -2.42. The summed E-state index contributed by atoms with van der Waals surface area (Å²) in [5.41, 5.74) is 1.02. The molecule has 0 radical (unpaired) electrons. The fourth-order valence-corrected chi connectivity index (χ4v) is 4.10. The molecule has 108 valence electrons. The van der Waals surface area contributed by atoms with E-state index in [1.807, 2.05) is 24.4 Å². The van der Waals surface area contributed by atoms with Crippen LogP contribution in [-0.4, -0.2) is 17.4 Å². The van der Waals surface area contributed by atoms with Crippen LogP contribution in [0.2, 0.25) is 0 Å². The number of carbonyl (C=O) groups is 1. The van der Waals surface area contributed by atoms with Gasteiger partial charge in [-0.3, -0.25) is 9.78 Å². The summed E-state index contributed by atoms with van der Waals surface area (Å²) < 4.78 is 0. The summed E-state index contributed by atoms with van der Waals surface area (Å²) in [5, 5.41) is 3.15. The van der Waals surface area contributed by atoms with Crippen LogP contribution in [0, 0.1) is 17.3 Å². The lowest BCUT2D eigenvalue weighted by atomic mass is 9.74. The second-order valence-corrected chi connectivity index (χ2v) is 6.68. The first-order valence-electron chi connectivity index (χ1n) is 7.87. The lowest BCUT2D eigenvalue weighted by Gasteiger charge is -2.32. The van der Waals surface area contributed by atoms with Crippen LogP contribution < -0.4 is 5.32 Å². The second kappa shape index (κ2) is 5.55. The Bertz CT molecular complexity index is 473. The number of nitrogens with zero attached hydrogens (tertiary/aromatic N) is 1. The van der Waals surface area contributed by atoms with Crippen molar-refractivity contribution < 1.29 is 4.79 Å². The van der Waals surface area contributed by atoms with Crippen molar-refractivity contribution in [2.24, 2.45) is 17.3 Å². The van der Waals surface area contributed by atoms with Crippen molar-refractivity contribution in [3.8, 4) is 0 Å². The SMILES string of the molecule is CC1(C(=O)NCCCc2ccccn2)CC2CCC1C2. The number of hydrogen-bond acceptors (Lipinski definition) is 2. The molecule has 0 aromatic carbocycles. The van der Waals surface area contributed by atoms with Crippen LogP contribution in [0.15, 0.2) is 24.4 Å². The zero-order chi connectivity index (χ0) is 14.0. The van der Waals surface area contributed by atoms with Gasteiger partial charge in [-0.05, 0) is 56.1 Å². The quantitative estimate of drug-likeness (QED) is 0.837. The van der Waals surface area contributed by atoms with Crippen LogP contribution >= 0.6 is 0 Å². The van der Waals surface area contributed by atoms with Gasteiger partial charge in [-0.1, -0.05) is 19.4 Å². The Hall–Kier alpha value is -1.38. The van der Waals surface area contributed by atoms with E-state index < -0.39 is 0 Å². The van der Waals surface area contributed by atoms with Gasteiger partial charge in [0.05, 0.1) is 0 Å². The molecular weight excluding hydrogens is 248 g/mol. The van der Waals surface area contributed by atoms with Crippen molar-refractivity contribution in [3.63, 3.8) is 0 Å². The lowest BCUT2D eigenvalue weighted by molar-refractivity contribution is -0.132. The standard InChI is InChI=1S/C17H24N2O/c1-17(12-13-7-8-14(17)11-13)16(20)19-10-4-6-15-5-2-3-9-18-15/h2-3,5,9,13-14H,4,6-8,10-12H2,1H3,(H,19,20). The minimum absolute atomic E-state index is 0.0894. The van der Waals surface area contributed by atoms with Gasteiger partial charge in [-0.2, -0.15) is 0 Å². The predicted octanol–water partition coefficient (Wildman–Crippen LogP) is 2.96. The fourth-order valence-electron chi connectivity index (χ4n) is 4.10. The van der Waals surface area contributed by atoms with Gasteiger partial charge in [0, 0.05) is 23.9 Å². The van der Waals surface area contributed by atoms with Gasteiger partial charge in [0.25, 0.3) is 0 Å². The summed E-state index contributed by atoms with van der Waals surface area (Å²) in [4.78, 5) is 16.7. The highest BCUT2D eigenvalue weighted by molar-refractivity contribution is 5.83. The number of pyridine rings is 1. The largest absolute Gasteiger partial charge is 0.356 e. The summed E-state index contributed by atoms with van der Waals surface area (Å²) >= 11 is 0. The van der Waals surface area contributed by atoms with Gasteiger partial charge in [-0.25, -0.2) is 0 Å². The summed E-state index contributed by atoms with van der Waals surface area (Å²) in [7, 11) is 0. The summed E-state index contributed by atoms with van der Waals surface area (Å²) in [6, 6.07) is 5.98. The molecule has 2 aliphatic carbocycles. The molecule has 3 rings (SSSR count). The second-order valence-electron chi connectivity index (χ2n) is 6.68. The van der Waals surface area contributed by atoms with E-state index in [9.17, 15) is 4.79 Å². The zero-order valence-corrected chi connectivity index (χ0v) is 12.3. The maximum Gasteiger partial charge on any atom is 0.226 e. The fraction of sp³-hybridized carbons (Fsp3) is 0.647. The number of aromatic nitrogens is 1. The van der Waals surface area contributed by atoms with Crippen LogP contribution in [0.1, 0.15) is 44.7 Å². The molecule has 2 saturated carbocycles. The molecule has 0 saturated heterocycles. The average molecular weight is 272 g/mol. The monoisotopic (exact) mass is 272 g/mol. The summed E-state index contributed by atoms with van der Waals surface area (Å²) in [5.74, 6) is 1.72. The molecule has 3 atom stereocenters. The zero-order valence-electron chi connectivity index (χ0n) is 12.3. The number of rotatable bonds is 5. The van der Waals surface area contributed by atoms with E-state index in [2.05, 4.69) is 17.2 Å². The summed E-state index contributed by atoms with van der Waals surface area (Å²) in [6.45, 7) is 2.94. The number of amides is 1. The molecule has 20 heavy (non-hydrogen) atoms. The minimum Gasteiger partial charge on any atom is -0.356 e. The molecule has 1 N–H and O–H groups in total. The smallest absolute Gasteiger partial charge is 0.226 e. The molecule has 3 heteroatoms. The first-order valence-corrected chi connectivity index (χ1v) is 7.87. The molecular formula is C17H24N2O. The molecule has 1 heterocycles. The molecule has 1 amide bonds. The van der Waals surface area contributed by atoms with E-state index in [-0.39, 0.29) is 11.3 Å². The third kappa shape index (κ3) is 2.58. The van der Waals surface area contributed by atoms with Gasteiger partial charge in [0.15, 0.2) is 0 Å². The molecule has 0 spiro atoms. The average Bonchev–Trinajstić information content (AvgIpc) is 3.05. The highest BCUT2D eigenvalue weighted by Crippen LogP contribution is 2.55. The van der Waals surface area contributed by atoms with Crippen molar-refractivity contribution in [2.45, 2.75) is 45.4 Å². The van der Waals surface area contributed by atoms with Crippen molar-refractivity contribution >= 4 is 5.91 Å². The Morgan fingerprint density at radius 3 is 3.00 bits per heavy atom. The van der Waals surface area contributed by atoms with Crippen molar-refractivity contribution in [1.29, 1.82) is 0 Å². The van der Waals surface area contributed by atoms with Crippen LogP contribution in [0.5, 0.6) is 0 Å². The molecule has 2 bridgehead atoms. The molecule has 1 aromatic heterocycles. The number of hydrogen-bond donors (Lipinski definition) is 1. The van der Waals surface area contributed by atoms with E-state index in [1.165, 1.54) is 19.3 Å². The topological polar surface area (TPSA) is 42.0 Å². The minimum atomic E-state index is -0.0894. The molecule has 3 nitrogen and oxygen atoms in total. The van der Waals surface area contributed by atoms with Gasteiger partial charge in [0.2, 0.25) is 5.91 Å². The number of carbonyl (C=O) groups excluding carboxylic acids is 1. The summed E-state index contributed by atoms with van der Waals surface area (Å²) in [6.07, 6.45) is 8.69. The number of fused-ring (bicyclic) bond motifs is 2. The molecule has 2 fully saturated rings. The first-order chi connectivity index (χ1) is 9.68. The number of aryl methyl sites for hydroxylation is 1. The predicted molar refractivity (Wildman–Crippen MR) is 79.1 cm³/mol. The number of nitrogens with one attached hydrogen (secondary N) is 1. The van der Waals surface area contributed by atoms with E-state index >= 15 is 0 Å². The van der Waals surface area contributed by atoms with Gasteiger partial charge in [-0.15, -0.1) is 0 Å². The van der Waals surface area contributed by atoms with E-state index in [0.717, 1.165) is 37.4 Å². The Balaban J connectivity index is 1.44. The van der Waals surface area contributed by atoms with Gasteiger partial charge >= 0.3 is 0 Å². The maximum atomic E-state index is 12.4. The van der Waals surface area contributed by atoms with E-state index in [4.69, 9.17) is 0 Å². The van der Waals surface area contributed by atoms with Crippen LogP contribution in [0.3, 0.4) is 0 Å². The third-order valence-corrected chi connectivity index (χ3v) is 5.30. The van der Waals surface area contributed by atoms with Gasteiger partial charge < -0.3 is 5.32 Å². The Morgan fingerprint density at radius 1 is 1.45 bits per heavy atom. The third-order valence-electron chi connectivity index (χ3n) is 5.30. The van der Waals surface area contributed by atoms with Crippen molar-refractivity contribution in [2.75, 3.05) is 6.54 Å². The molecule has 3 unspecified atom stereocenters. The van der Waals surface area contributed by atoms with Crippen molar-refractivity contribution in [1.82, 2.24) is 10.3 Å². The van der Waals surface area contributed by atoms with Gasteiger partial charge in [0.1, 0.15) is 0 Å². The van der Waals surface area contributed by atoms with Crippen LogP contribution in [0.25, 0.3) is 0 Å². The Kier molecular flexibility index (Phi) is 3.77. The maximum absolute atomic E-state index is 12.4. The van der Waals surface area contributed by atoms with E-state index in [1.54, 1.807) is 0 Å². The molecule has 1 aromatic rings. The van der Waals surface area contributed by atoms with Crippen LogP contribution in [-0.2, 0) is 11.2 Å².